The second kappa shape index (κ2) is 11.0. The minimum atomic E-state index is -0.446. The monoisotopic (exact) mass is 487 g/mol. The molecule has 1 atom stereocenters. The van der Waals surface area contributed by atoms with Gasteiger partial charge in [0.1, 0.15) is 0 Å². The van der Waals surface area contributed by atoms with Gasteiger partial charge in [0.25, 0.3) is 5.91 Å². The fraction of sp³-hybridized carbons (Fsp3) is 0.227. The predicted octanol–water partition coefficient (Wildman–Crippen LogP) is 3.48. The van der Waals surface area contributed by atoms with Crippen LogP contribution < -0.4 is 10.6 Å². The van der Waals surface area contributed by atoms with Gasteiger partial charge in [0, 0.05) is 12.7 Å². The molecule has 0 saturated carbocycles. The van der Waals surface area contributed by atoms with Crippen LogP contribution in [-0.4, -0.2) is 45.4 Å². The van der Waals surface area contributed by atoms with E-state index in [1.54, 1.807) is 67.1 Å². The molecule has 2 aromatic carbocycles. The van der Waals surface area contributed by atoms with Crippen LogP contribution in [0.5, 0.6) is 0 Å². The zero-order chi connectivity index (χ0) is 24.0. The summed E-state index contributed by atoms with van der Waals surface area (Å²) in [5.41, 5.74) is 1.33. The first-order chi connectivity index (χ1) is 15.8. The molecule has 3 rings (SSSR count). The topological polar surface area (TPSA) is 115 Å². The molecule has 0 radical (unpaired) electrons. The summed E-state index contributed by atoms with van der Waals surface area (Å²) < 4.78 is 6.37. The van der Waals surface area contributed by atoms with E-state index in [0.717, 1.165) is 0 Å². The third kappa shape index (κ3) is 6.11. The Morgan fingerprint density at radius 1 is 1.12 bits per heavy atom. The molecule has 0 fully saturated rings. The van der Waals surface area contributed by atoms with Gasteiger partial charge in [-0.15, -0.1) is 10.2 Å². The molecule has 9 nitrogen and oxygen atoms in total. The van der Waals surface area contributed by atoms with Crippen molar-refractivity contribution < 1.29 is 19.1 Å². The van der Waals surface area contributed by atoms with Crippen molar-refractivity contribution >= 4 is 46.8 Å². The van der Waals surface area contributed by atoms with E-state index in [4.69, 9.17) is 11.6 Å². The molecule has 11 heteroatoms. The van der Waals surface area contributed by atoms with Crippen LogP contribution >= 0.6 is 23.4 Å². The number of amides is 2. The molecule has 0 spiro atoms. The van der Waals surface area contributed by atoms with Crippen LogP contribution in [0.2, 0.25) is 5.02 Å². The lowest BCUT2D eigenvalue weighted by Crippen LogP contribution is -2.28. The molecule has 1 aromatic heterocycles. The minimum Gasteiger partial charge on any atom is -0.465 e. The lowest BCUT2D eigenvalue weighted by Gasteiger charge is -2.14. The Balaban J connectivity index is 1.56. The Kier molecular flexibility index (Phi) is 8.07. The minimum absolute atomic E-state index is 0.102. The maximum absolute atomic E-state index is 12.5. The van der Waals surface area contributed by atoms with E-state index in [9.17, 15) is 14.4 Å². The number of thioether (sulfide) groups is 1. The van der Waals surface area contributed by atoms with Gasteiger partial charge in [-0.2, -0.15) is 0 Å². The summed E-state index contributed by atoms with van der Waals surface area (Å²) in [7, 11) is 3.07. The fourth-order valence-corrected chi connectivity index (χ4v) is 3.89. The van der Waals surface area contributed by atoms with E-state index in [1.807, 2.05) is 0 Å². The van der Waals surface area contributed by atoms with Crippen molar-refractivity contribution in [3.05, 3.63) is 70.5 Å². The van der Waals surface area contributed by atoms with E-state index in [1.165, 1.54) is 18.9 Å². The summed E-state index contributed by atoms with van der Waals surface area (Å²) >= 11 is 7.30. The summed E-state index contributed by atoms with van der Waals surface area (Å²) in [5.74, 6) is -0.362. The molecule has 172 valence electrons. The summed E-state index contributed by atoms with van der Waals surface area (Å²) in [4.78, 5) is 36.3. The third-order valence-corrected chi connectivity index (χ3v) is 5.99. The van der Waals surface area contributed by atoms with Gasteiger partial charge in [0.05, 0.1) is 35.1 Å². The quantitative estimate of drug-likeness (QED) is 0.369. The second-order valence-electron chi connectivity index (χ2n) is 6.98. The van der Waals surface area contributed by atoms with Crippen LogP contribution in [0.4, 0.5) is 5.69 Å². The first-order valence-corrected chi connectivity index (χ1v) is 11.2. The van der Waals surface area contributed by atoms with Crippen LogP contribution in [0.1, 0.15) is 39.5 Å². The maximum Gasteiger partial charge on any atom is 0.337 e. The molecule has 1 heterocycles. The van der Waals surface area contributed by atoms with Crippen molar-refractivity contribution in [2.45, 2.75) is 18.1 Å². The third-order valence-electron chi connectivity index (χ3n) is 4.64. The van der Waals surface area contributed by atoms with Gasteiger partial charge < -0.3 is 19.9 Å². The van der Waals surface area contributed by atoms with Crippen LogP contribution in [0.15, 0.2) is 53.7 Å². The van der Waals surface area contributed by atoms with Gasteiger partial charge in [-0.3, -0.25) is 9.59 Å². The van der Waals surface area contributed by atoms with Crippen LogP contribution in [0.3, 0.4) is 0 Å². The van der Waals surface area contributed by atoms with Crippen molar-refractivity contribution in [1.29, 1.82) is 0 Å². The average molecular weight is 488 g/mol. The number of methoxy groups -OCH3 is 1. The molecule has 0 aliphatic carbocycles. The van der Waals surface area contributed by atoms with Crippen molar-refractivity contribution in [2.75, 3.05) is 18.2 Å². The van der Waals surface area contributed by atoms with E-state index < -0.39 is 12.0 Å². The highest BCUT2D eigenvalue weighted by Gasteiger charge is 2.20. The Hall–Kier alpha value is -3.37. The van der Waals surface area contributed by atoms with E-state index >= 15 is 0 Å². The number of esters is 1. The number of carbonyl (C=O) groups excluding carboxylic acids is 3. The van der Waals surface area contributed by atoms with E-state index in [-0.39, 0.29) is 17.6 Å². The largest absolute Gasteiger partial charge is 0.465 e. The lowest BCUT2D eigenvalue weighted by atomic mass is 10.2. The first-order valence-electron chi connectivity index (χ1n) is 9.86. The Morgan fingerprint density at radius 2 is 1.82 bits per heavy atom. The molecule has 0 unspecified atom stereocenters. The fourth-order valence-electron chi connectivity index (χ4n) is 2.95. The molecule has 2 amide bonds. The van der Waals surface area contributed by atoms with Crippen molar-refractivity contribution in [3.63, 3.8) is 0 Å². The van der Waals surface area contributed by atoms with Crippen LogP contribution in [-0.2, 0) is 16.6 Å². The number of nitrogens with one attached hydrogen (secondary N) is 2. The zero-order valence-corrected chi connectivity index (χ0v) is 19.7. The molecular formula is C22H22ClN5O4S. The van der Waals surface area contributed by atoms with Gasteiger partial charge in [-0.1, -0.05) is 35.5 Å². The second-order valence-corrected chi connectivity index (χ2v) is 8.33. The molecule has 0 aliphatic heterocycles. The number of hydrogen-bond donors (Lipinski definition) is 2. The van der Waals surface area contributed by atoms with Gasteiger partial charge in [-0.25, -0.2) is 4.79 Å². The molecule has 33 heavy (non-hydrogen) atoms. The number of halogens is 1. The van der Waals surface area contributed by atoms with Gasteiger partial charge in [0.15, 0.2) is 11.0 Å². The standard InChI is InChI=1S/C22H22ClN5O4S/c1-13(24-20(30)16-6-4-5-7-17(16)23)19-26-27-22(28(19)2)33-12-18(29)25-15-10-8-14(9-11-15)21(31)32-3/h4-11,13H,12H2,1-3H3,(H,24,30)(H,25,29)/t13-/m1/s1. The molecule has 0 aliphatic rings. The number of benzene rings is 2. The number of anilines is 1. The summed E-state index contributed by atoms with van der Waals surface area (Å²) in [6, 6.07) is 12.7. The molecular weight excluding hydrogens is 466 g/mol. The van der Waals surface area contributed by atoms with Crippen molar-refractivity contribution in [2.24, 2.45) is 7.05 Å². The van der Waals surface area contributed by atoms with Crippen molar-refractivity contribution in [3.8, 4) is 0 Å². The highest BCUT2D eigenvalue weighted by atomic mass is 35.5. The normalized spacial score (nSPS) is 11.5. The molecule has 2 N–H and O–H groups in total. The lowest BCUT2D eigenvalue weighted by molar-refractivity contribution is -0.113. The smallest absolute Gasteiger partial charge is 0.337 e. The highest BCUT2D eigenvalue weighted by molar-refractivity contribution is 7.99. The van der Waals surface area contributed by atoms with Gasteiger partial charge in [-0.05, 0) is 43.3 Å². The highest BCUT2D eigenvalue weighted by Crippen LogP contribution is 2.21. The summed E-state index contributed by atoms with van der Waals surface area (Å²) in [6.45, 7) is 1.79. The first kappa shape index (κ1) is 24.3. The van der Waals surface area contributed by atoms with E-state index in [0.29, 0.717) is 32.8 Å². The number of ether oxygens (including phenoxy) is 1. The Morgan fingerprint density at radius 3 is 2.48 bits per heavy atom. The molecule has 0 saturated heterocycles. The maximum atomic E-state index is 12.5. The van der Waals surface area contributed by atoms with Crippen molar-refractivity contribution in [1.82, 2.24) is 20.1 Å². The SMILES string of the molecule is COC(=O)c1ccc(NC(=O)CSc2nnc([C@@H](C)NC(=O)c3ccccc3Cl)n2C)cc1. The predicted molar refractivity (Wildman–Crippen MR) is 125 cm³/mol. The summed E-state index contributed by atoms with van der Waals surface area (Å²) in [5, 5.41) is 14.8. The number of hydrogen-bond acceptors (Lipinski definition) is 7. The number of rotatable bonds is 8. The van der Waals surface area contributed by atoms with Gasteiger partial charge >= 0.3 is 5.97 Å². The average Bonchev–Trinajstić information content (AvgIpc) is 3.18. The molecule has 0 bridgehead atoms. The number of aromatic nitrogens is 3. The molecule has 3 aromatic rings. The number of nitrogens with zero attached hydrogens (tertiary/aromatic N) is 3. The van der Waals surface area contributed by atoms with Crippen LogP contribution in [0, 0.1) is 0 Å². The zero-order valence-electron chi connectivity index (χ0n) is 18.2. The number of carbonyl (C=O) groups is 3. The van der Waals surface area contributed by atoms with Crippen LogP contribution in [0.25, 0.3) is 0 Å². The Bertz CT molecular complexity index is 1170. The summed E-state index contributed by atoms with van der Waals surface area (Å²) in [6.07, 6.45) is 0. The van der Waals surface area contributed by atoms with Gasteiger partial charge in [0.2, 0.25) is 5.91 Å². The van der Waals surface area contributed by atoms with E-state index in [2.05, 4.69) is 25.6 Å². The Labute approximate surface area is 199 Å².